The third-order valence-corrected chi connectivity index (χ3v) is 4.87. The van der Waals surface area contributed by atoms with Crippen LogP contribution in [0, 0.1) is 6.92 Å². The van der Waals surface area contributed by atoms with Crippen LogP contribution < -0.4 is 5.32 Å². The Morgan fingerprint density at radius 2 is 2.35 bits per heavy atom. The topological polar surface area (TPSA) is 45.1 Å². The van der Waals surface area contributed by atoms with E-state index in [-0.39, 0.29) is 0 Å². The second kappa shape index (κ2) is 5.94. The van der Waals surface area contributed by atoms with Crippen LogP contribution in [0.4, 0.5) is 0 Å². The van der Waals surface area contributed by atoms with Crippen LogP contribution >= 0.6 is 11.3 Å². The van der Waals surface area contributed by atoms with E-state index in [0.717, 1.165) is 31.5 Å². The molecule has 2 N–H and O–H groups in total. The average Bonchev–Trinajstić information content (AvgIpc) is 2.85. The number of nitrogens with one attached hydrogen (secondary N) is 1. The highest BCUT2D eigenvalue weighted by molar-refractivity contribution is 7.09. The maximum atomic E-state index is 9.68. The van der Waals surface area contributed by atoms with Gasteiger partial charge in [0, 0.05) is 30.1 Å². The Balaban J connectivity index is 1.63. The molecule has 0 aliphatic heterocycles. The number of rotatable bonds is 4. The Labute approximate surface area is 123 Å². The molecule has 0 saturated heterocycles. The summed E-state index contributed by atoms with van der Waals surface area (Å²) in [5, 5.41) is 16.6. The zero-order chi connectivity index (χ0) is 13.9. The molecule has 0 fully saturated rings. The molecular formula is C16H20N2OS. The number of aryl methyl sites for hydroxylation is 2. The molecule has 4 heteroatoms. The summed E-state index contributed by atoms with van der Waals surface area (Å²) in [6, 6.07) is 6.13. The molecule has 0 amide bonds. The van der Waals surface area contributed by atoms with Gasteiger partial charge >= 0.3 is 0 Å². The van der Waals surface area contributed by atoms with E-state index in [1.54, 1.807) is 17.4 Å². The van der Waals surface area contributed by atoms with Gasteiger partial charge in [-0.25, -0.2) is 4.98 Å². The number of hydrogen-bond acceptors (Lipinski definition) is 4. The molecule has 1 unspecified atom stereocenters. The van der Waals surface area contributed by atoms with Crippen LogP contribution in [0.1, 0.15) is 40.7 Å². The molecule has 0 saturated carbocycles. The summed E-state index contributed by atoms with van der Waals surface area (Å²) < 4.78 is 0. The molecule has 1 heterocycles. The molecule has 0 bridgehead atoms. The highest BCUT2D eigenvalue weighted by Crippen LogP contribution is 2.32. The molecular weight excluding hydrogens is 268 g/mol. The standard InChI is InChI=1S/C16H20N2OS/c1-11-10-20-16(18-11)7-8-17-15-4-2-3-12-5-6-13(19)9-14(12)15/h5-6,9-10,15,17,19H,2-4,7-8H2,1H3. The Morgan fingerprint density at radius 1 is 1.45 bits per heavy atom. The second-order valence-corrected chi connectivity index (χ2v) is 6.36. The van der Waals surface area contributed by atoms with Gasteiger partial charge in [-0.2, -0.15) is 0 Å². The summed E-state index contributed by atoms with van der Waals surface area (Å²) in [7, 11) is 0. The first-order valence-corrected chi connectivity index (χ1v) is 8.06. The molecule has 1 aromatic heterocycles. The fourth-order valence-corrected chi connectivity index (χ4v) is 3.65. The molecule has 1 atom stereocenters. The lowest BCUT2D eigenvalue weighted by Crippen LogP contribution is -2.27. The van der Waals surface area contributed by atoms with Crippen molar-refractivity contribution in [1.82, 2.24) is 10.3 Å². The van der Waals surface area contributed by atoms with E-state index in [1.165, 1.54) is 22.6 Å². The van der Waals surface area contributed by atoms with Gasteiger partial charge in [-0.15, -0.1) is 11.3 Å². The number of phenolic OH excluding ortho intramolecular Hbond substituents is 1. The number of hydrogen-bond donors (Lipinski definition) is 2. The fourth-order valence-electron chi connectivity index (χ4n) is 2.87. The van der Waals surface area contributed by atoms with Crippen LogP contribution in [0.15, 0.2) is 23.6 Å². The van der Waals surface area contributed by atoms with Crippen LogP contribution in [0.2, 0.25) is 0 Å². The summed E-state index contributed by atoms with van der Waals surface area (Å²) in [6.07, 6.45) is 4.46. The van der Waals surface area contributed by atoms with Gasteiger partial charge in [-0.05, 0) is 49.4 Å². The number of aromatic hydroxyl groups is 1. The van der Waals surface area contributed by atoms with Crippen LogP contribution in [0.5, 0.6) is 5.75 Å². The first-order chi connectivity index (χ1) is 9.72. The minimum Gasteiger partial charge on any atom is -0.508 e. The normalized spacial score (nSPS) is 17.9. The number of thiazole rings is 1. The van der Waals surface area contributed by atoms with Crippen molar-refractivity contribution in [2.24, 2.45) is 0 Å². The number of fused-ring (bicyclic) bond motifs is 1. The number of benzene rings is 1. The van der Waals surface area contributed by atoms with E-state index in [1.807, 2.05) is 13.0 Å². The van der Waals surface area contributed by atoms with Crippen LogP contribution in [0.25, 0.3) is 0 Å². The van der Waals surface area contributed by atoms with Crippen molar-refractivity contribution < 1.29 is 5.11 Å². The molecule has 0 radical (unpaired) electrons. The molecule has 1 aromatic carbocycles. The predicted octanol–water partition coefficient (Wildman–Crippen LogP) is 3.37. The lowest BCUT2D eigenvalue weighted by molar-refractivity contribution is 0.448. The van der Waals surface area contributed by atoms with Gasteiger partial charge in [0.25, 0.3) is 0 Å². The highest BCUT2D eigenvalue weighted by Gasteiger charge is 2.20. The van der Waals surface area contributed by atoms with E-state index >= 15 is 0 Å². The van der Waals surface area contributed by atoms with Crippen molar-refractivity contribution >= 4 is 11.3 Å². The van der Waals surface area contributed by atoms with Gasteiger partial charge in [0.1, 0.15) is 5.75 Å². The predicted molar refractivity (Wildman–Crippen MR) is 82.3 cm³/mol. The summed E-state index contributed by atoms with van der Waals surface area (Å²) in [6.45, 7) is 2.97. The largest absolute Gasteiger partial charge is 0.508 e. The van der Waals surface area contributed by atoms with Gasteiger partial charge in [0.05, 0.1) is 5.01 Å². The third kappa shape index (κ3) is 3.02. The van der Waals surface area contributed by atoms with Crippen molar-refractivity contribution in [3.8, 4) is 5.75 Å². The fraction of sp³-hybridized carbons (Fsp3) is 0.438. The molecule has 106 valence electrons. The summed E-state index contributed by atoms with van der Waals surface area (Å²) in [4.78, 5) is 4.49. The van der Waals surface area contributed by atoms with Crippen LogP contribution in [-0.4, -0.2) is 16.6 Å². The van der Waals surface area contributed by atoms with Crippen molar-refractivity contribution in [2.45, 2.75) is 38.6 Å². The molecule has 2 aromatic rings. The Bertz CT molecular complexity index is 594. The maximum absolute atomic E-state index is 9.68. The Hall–Kier alpha value is -1.39. The molecule has 1 aliphatic carbocycles. The zero-order valence-electron chi connectivity index (χ0n) is 11.7. The number of nitrogens with zero attached hydrogens (tertiary/aromatic N) is 1. The van der Waals surface area contributed by atoms with Crippen LogP contribution in [0.3, 0.4) is 0 Å². The smallest absolute Gasteiger partial charge is 0.115 e. The van der Waals surface area contributed by atoms with Crippen molar-refractivity contribution in [3.63, 3.8) is 0 Å². The van der Waals surface area contributed by atoms with Crippen molar-refractivity contribution in [3.05, 3.63) is 45.4 Å². The van der Waals surface area contributed by atoms with E-state index in [2.05, 4.69) is 21.7 Å². The zero-order valence-corrected chi connectivity index (χ0v) is 12.5. The van der Waals surface area contributed by atoms with Crippen molar-refractivity contribution in [2.75, 3.05) is 6.54 Å². The first-order valence-electron chi connectivity index (χ1n) is 7.18. The summed E-state index contributed by atoms with van der Waals surface area (Å²) >= 11 is 1.73. The molecule has 20 heavy (non-hydrogen) atoms. The lowest BCUT2D eigenvalue weighted by atomic mass is 9.87. The molecule has 1 aliphatic rings. The van der Waals surface area contributed by atoms with Gasteiger partial charge in [0.2, 0.25) is 0 Å². The van der Waals surface area contributed by atoms with Crippen LogP contribution in [-0.2, 0) is 12.8 Å². The number of phenols is 1. The van der Waals surface area contributed by atoms with Gasteiger partial charge < -0.3 is 10.4 Å². The monoisotopic (exact) mass is 288 g/mol. The molecule has 3 nitrogen and oxygen atoms in total. The van der Waals surface area contributed by atoms with Gasteiger partial charge in [-0.3, -0.25) is 0 Å². The molecule has 0 spiro atoms. The van der Waals surface area contributed by atoms with E-state index < -0.39 is 0 Å². The molecule has 3 rings (SSSR count). The van der Waals surface area contributed by atoms with E-state index in [9.17, 15) is 5.11 Å². The lowest BCUT2D eigenvalue weighted by Gasteiger charge is -2.26. The Kier molecular flexibility index (Phi) is 4.03. The SMILES string of the molecule is Cc1csc(CCNC2CCCc3ccc(O)cc32)n1. The summed E-state index contributed by atoms with van der Waals surface area (Å²) in [5.74, 6) is 0.369. The van der Waals surface area contributed by atoms with Crippen molar-refractivity contribution in [1.29, 1.82) is 0 Å². The minimum absolute atomic E-state index is 0.368. The Morgan fingerprint density at radius 3 is 3.15 bits per heavy atom. The van der Waals surface area contributed by atoms with E-state index in [0.29, 0.717) is 11.8 Å². The quantitative estimate of drug-likeness (QED) is 0.906. The van der Waals surface area contributed by atoms with E-state index in [4.69, 9.17) is 0 Å². The van der Waals surface area contributed by atoms with Gasteiger partial charge in [0.15, 0.2) is 0 Å². The maximum Gasteiger partial charge on any atom is 0.115 e. The average molecular weight is 288 g/mol. The first kappa shape index (κ1) is 13.6. The highest BCUT2D eigenvalue weighted by atomic mass is 32.1. The number of aromatic nitrogens is 1. The summed E-state index contributed by atoms with van der Waals surface area (Å²) in [5.41, 5.74) is 3.75. The minimum atomic E-state index is 0.368. The third-order valence-electron chi connectivity index (χ3n) is 3.84. The second-order valence-electron chi connectivity index (χ2n) is 5.41. The van der Waals surface area contributed by atoms with Gasteiger partial charge in [-0.1, -0.05) is 6.07 Å².